The Morgan fingerprint density at radius 3 is 2.93 bits per heavy atom. The number of rotatable bonds is 2. The minimum Gasteiger partial charge on any atom is -0.396 e. The van der Waals surface area contributed by atoms with Gasteiger partial charge in [0.25, 0.3) is 0 Å². The van der Waals surface area contributed by atoms with Crippen LogP contribution >= 0.6 is 0 Å². The Hall–Kier alpha value is -1.67. The molecule has 2 heterocycles. The van der Waals surface area contributed by atoms with Crippen molar-refractivity contribution in [3.05, 3.63) is 17.5 Å². The van der Waals surface area contributed by atoms with E-state index < -0.39 is 0 Å². The number of nitriles is 1. The Kier molecular flexibility index (Phi) is 2.52. The molecule has 0 atom stereocenters. The molecule has 1 aliphatic heterocycles. The molecule has 1 aromatic rings. The molecule has 2 rings (SSSR count). The third-order valence-corrected chi connectivity index (χ3v) is 2.46. The SMILES string of the molecule is Cc1cc(C#N)nc(N2CC(CO)C2)n1. The van der Waals surface area contributed by atoms with Crippen LogP contribution in [0.15, 0.2) is 6.07 Å². The van der Waals surface area contributed by atoms with Crippen molar-refractivity contribution in [1.82, 2.24) is 9.97 Å². The molecule has 5 nitrogen and oxygen atoms in total. The summed E-state index contributed by atoms with van der Waals surface area (Å²) in [5.41, 5.74) is 1.19. The molecule has 0 saturated carbocycles. The number of aliphatic hydroxyl groups excluding tert-OH is 1. The topological polar surface area (TPSA) is 73.0 Å². The van der Waals surface area contributed by atoms with Crippen LogP contribution < -0.4 is 4.90 Å². The maximum atomic E-state index is 8.89. The van der Waals surface area contributed by atoms with Crippen LogP contribution in [0.5, 0.6) is 0 Å². The van der Waals surface area contributed by atoms with Crippen LogP contribution in [-0.4, -0.2) is 34.8 Å². The van der Waals surface area contributed by atoms with Gasteiger partial charge in [-0.2, -0.15) is 5.26 Å². The monoisotopic (exact) mass is 204 g/mol. The number of aromatic nitrogens is 2. The number of hydrogen-bond donors (Lipinski definition) is 1. The summed E-state index contributed by atoms with van der Waals surface area (Å²) in [4.78, 5) is 10.3. The predicted molar refractivity (Wildman–Crippen MR) is 54.3 cm³/mol. The average molecular weight is 204 g/mol. The summed E-state index contributed by atoms with van der Waals surface area (Å²) in [5.74, 6) is 0.913. The Morgan fingerprint density at radius 2 is 2.33 bits per heavy atom. The molecule has 0 aliphatic carbocycles. The summed E-state index contributed by atoms with van der Waals surface area (Å²) < 4.78 is 0. The van der Waals surface area contributed by atoms with Crippen LogP contribution in [-0.2, 0) is 0 Å². The van der Waals surface area contributed by atoms with E-state index in [9.17, 15) is 0 Å². The van der Waals surface area contributed by atoms with Gasteiger partial charge in [0.15, 0.2) is 0 Å². The van der Waals surface area contributed by atoms with Gasteiger partial charge in [-0.25, -0.2) is 9.97 Å². The minimum atomic E-state index is 0.202. The van der Waals surface area contributed by atoms with Gasteiger partial charge in [-0.3, -0.25) is 0 Å². The van der Waals surface area contributed by atoms with Crippen molar-refractivity contribution in [3.8, 4) is 6.07 Å². The number of anilines is 1. The summed E-state index contributed by atoms with van der Waals surface area (Å²) in [6.45, 7) is 3.58. The van der Waals surface area contributed by atoms with Crippen molar-refractivity contribution >= 4 is 5.95 Å². The van der Waals surface area contributed by atoms with Crippen LogP contribution in [0.3, 0.4) is 0 Å². The summed E-state index contributed by atoms with van der Waals surface area (Å²) in [7, 11) is 0. The first-order chi connectivity index (χ1) is 7.22. The molecule has 1 saturated heterocycles. The molecule has 5 heteroatoms. The smallest absolute Gasteiger partial charge is 0.226 e. The summed E-state index contributed by atoms with van der Waals surface area (Å²) in [6.07, 6.45) is 0. The average Bonchev–Trinajstić information content (AvgIpc) is 2.15. The first-order valence-electron chi connectivity index (χ1n) is 4.84. The second-order valence-electron chi connectivity index (χ2n) is 3.76. The molecule has 1 aromatic heterocycles. The van der Waals surface area contributed by atoms with Gasteiger partial charge in [-0.1, -0.05) is 0 Å². The molecule has 1 aliphatic rings. The fourth-order valence-corrected chi connectivity index (χ4v) is 1.60. The molecule has 78 valence electrons. The highest BCUT2D eigenvalue weighted by Crippen LogP contribution is 2.20. The van der Waals surface area contributed by atoms with E-state index >= 15 is 0 Å². The van der Waals surface area contributed by atoms with Gasteiger partial charge >= 0.3 is 0 Å². The van der Waals surface area contributed by atoms with Gasteiger partial charge in [0.2, 0.25) is 5.95 Å². The highest BCUT2D eigenvalue weighted by molar-refractivity contribution is 5.38. The van der Waals surface area contributed by atoms with E-state index in [0.29, 0.717) is 17.6 Å². The number of hydrogen-bond acceptors (Lipinski definition) is 5. The molecule has 0 spiro atoms. The molecular weight excluding hydrogens is 192 g/mol. The molecule has 0 amide bonds. The van der Waals surface area contributed by atoms with E-state index in [4.69, 9.17) is 10.4 Å². The Bertz CT molecular complexity index is 406. The van der Waals surface area contributed by atoms with Crippen molar-refractivity contribution in [2.75, 3.05) is 24.6 Å². The fourth-order valence-electron chi connectivity index (χ4n) is 1.60. The third kappa shape index (κ3) is 1.90. The first kappa shape index (κ1) is 9.87. The lowest BCUT2D eigenvalue weighted by Crippen LogP contribution is -2.49. The van der Waals surface area contributed by atoms with E-state index in [0.717, 1.165) is 18.8 Å². The zero-order valence-corrected chi connectivity index (χ0v) is 8.51. The second kappa shape index (κ2) is 3.83. The van der Waals surface area contributed by atoms with Crippen LogP contribution in [0.2, 0.25) is 0 Å². The summed E-state index contributed by atoms with van der Waals surface area (Å²) in [5, 5.41) is 17.6. The lowest BCUT2D eigenvalue weighted by Gasteiger charge is -2.38. The highest BCUT2D eigenvalue weighted by atomic mass is 16.3. The Balaban J connectivity index is 2.16. The standard InChI is InChI=1S/C10H12N4O/c1-7-2-9(3-11)13-10(12-7)14-4-8(5-14)6-15/h2,8,15H,4-6H2,1H3. The molecule has 15 heavy (non-hydrogen) atoms. The van der Waals surface area contributed by atoms with E-state index in [1.165, 1.54) is 0 Å². The second-order valence-corrected chi connectivity index (χ2v) is 3.76. The highest BCUT2D eigenvalue weighted by Gasteiger charge is 2.28. The van der Waals surface area contributed by atoms with Crippen LogP contribution in [0.25, 0.3) is 0 Å². The van der Waals surface area contributed by atoms with Crippen molar-refractivity contribution in [2.24, 2.45) is 5.92 Å². The Morgan fingerprint density at radius 1 is 1.60 bits per heavy atom. The van der Waals surface area contributed by atoms with Gasteiger partial charge in [-0.15, -0.1) is 0 Å². The van der Waals surface area contributed by atoms with Crippen molar-refractivity contribution in [3.63, 3.8) is 0 Å². The number of aryl methyl sites for hydroxylation is 1. The first-order valence-corrected chi connectivity index (χ1v) is 4.84. The van der Waals surface area contributed by atoms with Gasteiger partial charge in [-0.05, 0) is 13.0 Å². The zero-order valence-electron chi connectivity index (χ0n) is 8.51. The normalized spacial score (nSPS) is 15.9. The maximum absolute atomic E-state index is 8.89. The molecule has 0 unspecified atom stereocenters. The van der Waals surface area contributed by atoms with Gasteiger partial charge in [0.05, 0.1) is 0 Å². The quantitative estimate of drug-likeness (QED) is 0.738. The van der Waals surface area contributed by atoms with E-state index in [-0.39, 0.29) is 6.61 Å². The largest absolute Gasteiger partial charge is 0.396 e. The van der Waals surface area contributed by atoms with Gasteiger partial charge in [0.1, 0.15) is 11.8 Å². The molecule has 0 radical (unpaired) electrons. The molecule has 0 bridgehead atoms. The Labute approximate surface area is 88.0 Å². The van der Waals surface area contributed by atoms with Crippen LogP contribution in [0.4, 0.5) is 5.95 Å². The van der Waals surface area contributed by atoms with Crippen molar-refractivity contribution in [2.45, 2.75) is 6.92 Å². The third-order valence-electron chi connectivity index (χ3n) is 2.46. The molecule has 1 N–H and O–H groups in total. The van der Waals surface area contributed by atoms with Crippen molar-refractivity contribution in [1.29, 1.82) is 5.26 Å². The minimum absolute atomic E-state index is 0.202. The fraction of sp³-hybridized carbons (Fsp3) is 0.500. The van der Waals surface area contributed by atoms with E-state index in [1.54, 1.807) is 6.07 Å². The van der Waals surface area contributed by atoms with Crippen LogP contribution in [0.1, 0.15) is 11.4 Å². The molecule has 1 fully saturated rings. The van der Waals surface area contributed by atoms with Gasteiger partial charge < -0.3 is 10.0 Å². The lowest BCUT2D eigenvalue weighted by molar-refractivity contribution is 0.199. The lowest BCUT2D eigenvalue weighted by atomic mass is 10.0. The zero-order chi connectivity index (χ0) is 10.8. The maximum Gasteiger partial charge on any atom is 0.226 e. The van der Waals surface area contributed by atoms with E-state index in [1.807, 2.05) is 17.9 Å². The van der Waals surface area contributed by atoms with Crippen molar-refractivity contribution < 1.29 is 5.11 Å². The van der Waals surface area contributed by atoms with E-state index in [2.05, 4.69) is 9.97 Å². The molecule has 0 aromatic carbocycles. The number of nitrogens with zero attached hydrogens (tertiary/aromatic N) is 4. The number of aliphatic hydroxyl groups is 1. The molecular formula is C10H12N4O. The summed E-state index contributed by atoms with van der Waals surface area (Å²) >= 11 is 0. The van der Waals surface area contributed by atoms with Gasteiger partial charge in [0, 0.05) is 31.3 Å². The van der Waals surface area contributed by atoms with Crippen LogP contribution in [0, 0.1) is 24.2 Å². The summed E-state index contributed by atoms with van der Waals surface area (Å²) in [6, 6.07) is 3.67. The predicted octanol–water partition coefficient (Wildman–Crippen LogP) is 0.0852.